The molecular formula is C32H30N8OS. The van der Waals surface area contributed by atoms with Gasteiger partial charge in [-0.1, -0.05) is 24.3 Å². The molecule has 0 amide bonds. The Morgan fingerprint density at radius 3 is 2.62 bits per heavy atom. The number of hydrogen-bond donors (Lipinski definition) is 2. The number of nitrogens with zero attached hydrogens (tertiary/aromatic N) is 6. The molecule has 0 saturated carbocycles. The third-order valence-electron chi connectivity index (χ3n) is 7.88. The third-order valence-corrected chi connectivity index (χ3v) is 8.64. The Morgan fingerprint density at radius 2 is 1.90 bits per heavy atom. The average molecular weight is 575 g/mol. The first kappa shape index (κ1) is 26.2. The fourth-order valence-corrected chi connectivity index (χ4v) is 6.19. The standard InChI is InChI=1S/C32H30N8OS/c1-39(26-12-14-33-15-13-26)25-9-7-24(8-10-25)37-31-36-20-23-18-27(28-11-6-22(19-35-28)21-4-2-3-5-21)30(41)40(29(23)38-31)32-34-16-17-42-32/h2,4-11,16-20,26,33H,3,12-15H2,1H3,(H,36,37,38). The highest BCUT2D eigenvalue weighted by molar-refractivity contribution is 7.12. The number of rotatable bonds is 7. The van der Waals surface area contributed by atoms with E-state index in [0.29, 0.717) is 34.0 Å². The molecule has 0 radical (unpaired) electrons. The Bertz CT molecular complexity index is 1840. The molecule has 1 aliphatic carbocycles. The molecule has 210 valence electrons. The molecule has 5 aromatic rings. The molecule has 4 aromatic heterocycles. The molecule has 1 aromatic carbocycles. The van der Waals surface area contributed by atoms with Crippen LogP contribution in [0.15, 0.2) is 89.5 Å². The average Bonchev–Trinajstić information content (AvgIpc) is 3.77. The van der Waals surface area contributed by atoms with Gasteiger partial charge in [-0.15, -0.1) is 11.3 Å². The maximum Gasteiger partial charge on any atom is 0.268 e. The molecule has 2 aliphatic rings. The van der Waals surface area contributed by atoms with Gasteiger partial charge in [-0.05, 0) is 79.9 Å². The summed E-state index contributed by atoms with van der Waals surface area (Å²) in [5.74, 6) is 0.403. The quantitative estimate of drug-likeness (QED) is 0.260. The van der Waals surface area contributed by atoms with Gasteiger partial charge in [0, 0.05) is 53.8 Å². The van der Waals surface area contributed by atoms with Gasteiger partial charge in [0.25, 0.3) is 5.56 Å². The van der Waals surface area contributed by atoms with Gasteiger partial charge in [0.05, 0.1) is 11.3 Å². The van der Waals surface area contributed by atoms with E-state index < -0.39 is 0 Å². The highest BCUT2D eigenvalue weighted by Gasteiger charge is 2.19. The molecule has 9 nitrogen and oxygen atoms in total. The van der Waals surface area contributed by atoms with Gasteiger partial charge in [-0.2, -0.15) is 4.98 Å². The minimum atomic E-state index is -0.229. The van der Waals surface area contributed by atoms with Crippen LogP contribution in [0.25, 0.3) is 33.0 Å². The van der Waals surface area contributed by atoms with Crippen LogP contribution in [0.5, 0.6) is 0 Å². The smallest absolute Gasteiger partial charge is 0.268 e. The maximum absolute atomic E-state index is 13.9. The van der Waals surface area contributed by atoms with Gasteiger partial charge in [-0.3, -0.25) is 9.78 Å². The first-order valence-electron chi connectivity index (χ1n) is 14.1. The van der Waals surface area contributed by atoms with Crippen molar-refractivity contribution in [2.45, 2.75) is 25.3 Å². The number of thiazole rings is 1. The fourth-order valence-electron chi connectivity index (χ4n) is 5.55. The van der Waals surface area contributed by atoms with Crippen LogP contribution in [0.2, 0.25) is 0 Å². The Morgan fingerprint density at radius 1 is 1.05 bits per heavy atom. The van der Waals surface area contributed by atoms with Crippen LogP contribution >= 0.6 is 11.3 Å². The van der Waals surface area contributed by atoms with Gasteiger partial charge >= 0.3 is 0 Å². The van der Waals surface area contributed by atoms with Gasteiger partial charge in [0.1, 0.15) is 0 Å². The summed E-state index contributed by atoms with van der Waals surface area (Å²) in [7, 11) is 2.16. The van der Waals surface area contributed by atoms with E-state index in [2.05, 4.69) is 67.9 Å². The Kier molecular flexibility index (Phi) is 7.06. The molecule has 1 aliphatic heterocycles. The minimum absolute atomic E-state index is 0.229. The van der Waals surface area contributed by atoms with Crippen LogP contribution in [0.1, 0.15) is 24.8 Å². The number of anilines is 3. The SMILES string of the molecule is CN(c1ccc(Nc2ncc3cc(-c4ccc(C5=CCC=C5)cn4)c(=O)n(-c4nccs4)c3n2)cc1)C1CCNCC1. The van der Waals surface area contributed by atoms with E-state index in [1.54, 1.807) is 17.0 Å². The number of aromatic nitrogens is 5. The number of piperidine rings is 1. The number of allylic oxidation sites excluding steroid dienone is 4. The fraction of sp³-hybridized carbons (Fsp3) is 0.219. The molecule has 0 unspecified atom stereocenters. The molecule has 0 atom stereocenters. The number of benzene rings is 1. The summed E-state index contributed by atoms with van der Waals surface area (Å²) < 4.78 is 1.55. The van der Waals surface area contributed by atoms with Crippen molar-refractivity contribution < 1.29 is 0 Å². The van der Waals surface area contributed by atoms with Gasteiger partial charge in [0.15, 0.2) is 10.8 Å². The van der Waals surface area contributed by atoms with Gasteiger partial charge in [-0.25, -0.2) is 14.5 Å². The number of hydrogen-bond acceptors (Lipinski definition) is 9. The van der Waals surface area contributed by atoms with Crippen LogP contribution in [-0.4, -0.2) is 50.7 Å². The second-order valence-corrected chi connectivity index (χ2v) is 11.4. The minimum Gasteiger partial charge on any atom is -0.372 e. The molecule has 10 heteroatoms. The van der Waals surface area contributed by atoms with Crippen LogP contribution in [0, 0.1) is 0 Å². The lowest BCUT2D eigenvalue weighted by atomic mass is 10.0. The van der Waals surface area contributed by atoms with Crippen molar-refractivity contribution >= 4 is 45.3 Å². The van der Waals surface area contributed by atoms with Crippen molar-refractivity contribution in [1.82, 2.24) is 29.8 Å². The Hall–Kier alpha value is -4.67. The van der Waals surface area contributed by atoms with E-state index in [1.807, 2.05) is 41.9 Å². The number of pyridine rings is 2. The first-order valence-corrected chi connectivity index (χ1v) is 15.0. The summed E-state index contributed by atoms with van der Waals surface area (Å²) >= 11 is 1.38. The molecule has 7 rings (SSSR count). The highest BCUT2D eigenvalue weighted by Crippen LogP contribution is 2.27. The predicted octanol–water partition coefficient (Wildman–Crippen LogP) is 5.57. The van der Waals surface area contributed by atoms with E-state index in [0.717, 1.165) is 54.6 Å². The maximum atomic E-state index is 13.9. The molecule has 42 heavy (non-hydrogen) atoms. The molecule has 1 fully saturated rings. The molecule has 2 N–H and O–H groups in total. The second-order valence-electron chi connectivity index (χ2n) is 10.5. The molecular weight excluding hydrogens is 544 g/mol. The Balaban J connectivity index is 1.21. The lowest BCUT2D eigenvalue weighted by Crippen LogP contribution is -2.41. The van der Waals surface area contributed by atoms with Crippen molar-refractivity contribution in [2.75, 3.05) is 30.4 Å². The number of nitrogens with one attached hydrogen (secondary N) is 2. The number of fused-ring (bicyclic) bond motifs is 1. The summed E-state index contributed by atoms with van der Waals surface area (Å²) in [6, 6.07) is 14.5. The lowest BCUT2D eigenvalue weighted by Gasteiger charge is -2.33. The first-order chi connectivity index (χ1) is 20.6. The highest BCUT2D eigenvalue weighted by atomic mass is 32.1. The predicted molar refractivity (Wildman–Crippen MR) is 170 cm³/mol. The summed E-state index contributed by atoms with van der Waals surface area (Å²) in [5.41, 5.74) is 5.53. The lowest BCUT2D eigenvalue weighted by molar-refractivity contribution is 0.443. The zero-order valence-electron chi connectivity index (χ0n) is 23.2. The largest absolute Gasteiger partial charge is 0.372 e. The molecule has 5 heterocycles. The van der Waals surface area contributed by atoms with Crippen LogP contribution in [0.3, 0.4) is 0 Å². The summed E-state index contributed by atoms with van der Waals surface area (Å²) in [6.45, 7) is 2.11. The van der Waals surface area contributed by atoms with Crippen molar-refractivity contribution in [3.63, 3.8) is 0 Å². The van der Waals surface area contributed by atoms with Crippen molar-refractivity contribution in [1.29, 1.82) is 0 Å². The molecule has 0 bridgehead atoms. The van der Waals surface area contributed by atoms with Crippen molar-refractivity contribution in [3.05, 3.63) is 101 Å². The van der Waals surface area contributed by atoms with E-state index >= 15 is 0 Å². The molecule has 1 saturated heterocycles. The van der Waals surface area contributed by atoms with E-state index in [9.17, 15) is 4.79 Å². The normalized spacial score (nSPS) is 15.2. The van der Waals surface area contributed by atoms with E-state index in [4.69, 9.17) is 4.98 Å². The zero-order chi connectivity index (χ0) is 28.5. The van der Waals surface area contributed by atoms with Crippen LogP contribution in [-0.2, 0) is 0 Å². The summed E-state index contributed by atoms with van der Waals surface area (Å²) in [5, 5.41) is 9.84. The van der Waals surface area contributed by atoms with Crippen LogP contribution < -0.4 is 21.1 Å². The summed E-state index contributed by atoms with van der Waals surface area (Å²) in [4.78, 5) is 34.7. The summed E-state index contributed by atoms with van der Waals surface area (Å²) in [6.07, 6.45) is 14.8. The van der Waals surface area contributed by atoms with Crippen molar-refractivity contribution in [3.8, 4) is 16.4 Å². The third kappa shape index (κ3) is 5.10. The Labute approximate surface area is 247 Å². The molecule has 0 spiro atoms. The van der Waals surface area contributed by atoms with Gasteiger partial charge < -0.3 is 15.5 Å². The van der Waals surface area contributed by atoms with E-state index in [-0.39, 0.29) is 5.56 Å². The van der Waals surface area contributed by atoms with E-state index in [1.165, 1.54) is 17.0 Å². The topological polar surface area (TPSA) is 101 Å². The second kappa shape index (κ2) is 11.3. The van der Waals surface area contributed by atoms with Gasteiger partial charge in [0.2, 0.25) is 5.95 Å². The van der Waals surface area contributed by atoms with Crippen LogP contribution in [0.4, 0.5) is 17.3 Å². The zero-order valence-corrected chi connectivity index (χ0v) is 24.0. The monoisotopic (exact) mass is 574 g/mol. The van der Waals surface area contributed by atoms with Crippen molar-refractivity contribution in [2.24, 2.45) is 0 Å².